The third-order valence-electron chi connectivity index (χ3n) is 1.88. The molecule has 1 aromatic carbocycles. The fraction of sp³-hybridized carbons (Fsp3) is 0.385. The van der Waals surface area contributed by atoms with Gasteiger partial charge in [-0.15, -0.1) is 0 Å². The van der Waals surface area contributed by atoms with Crippen molar-refractivity contribution in [3.63, 3.8) is 0 Å². The number of hydrogen-bond donors (Lipinski definition) is 0. The van der Waals surface area contributed by atoms with Crippen molar-refractivity contribution in [3.05, 3.63) is 23.8 Å². The molecule has 0 saturated heterocycles. The van der Waals surface area contributed by atoms with E-state index in [4.69, 9.17) is 19.5 Å². The lowest BCUT2D eigenvalue weighted by atomic mass is 10.2. The monoisotopic (exact) mass is 249 g/mol. The predicted molar refractivity (Wildman–Crippen MR) is 64.6 cm³/mol. The Labute approximate surface area is 106 Å². The van der Waals surface area contributed by atoms with Gasteiger partial charge in [0.15, 0.2) is 11.5 Å². The summed E-state index contributed by atoms with van der Waals surface area (Å²) in [4.78, 5) is 11.5. The summed E-state index contributed by atoms with van der Waals surface area (Å²) in [5, 5.41) is 8.75. The second-order valence-electron chi connectivity index (χ2n) is 4.54. The molecule has 0 aliphatic carbocycles. The van der Waals surface area contributed by atoms with Crippen LogP contribution in [0.15, 0.2) is 18.2 Å². The molecule has 0 aliphatic rings. The molecule has 18 heavy (non-hydrogen) atoms. The molecule has 0 bridgehead atoms. The Bertz CT molecular complexity index is 483. The zero-order valence-electron chi connectivity index (χ0n) is 10.8. The molecule has 1 rings (SSSR count). The summed E-state index contributed by atoms with van der Waals surface area (Å²) >= 11 is 0. The molecule has 0 radical (unpaired) electrons. The van der Waals surface area contributed by atoms with Crippen molar-refractivity contribution in [1.29, 1.82) is 5.26 Å². The number of methoxy groups -OCH3 is 1. The van der Waals surface area contributed by atoms with Crippen LogP contribution in [0.3, 0.4) is 0 Å². The number of carbonyl (C=O) groups is 1. The number of nitrogens with zero attached hydrogens (tertiary/aromatic N) is 1. The highest BCUT2D eigenvalue weighted by Crippen LogP contribution is 2.28. The minimum Gasteiger partial charge on any atom is -0.493 e. The molecule has 0 amide bonds. The SMILES string of the molecule is COc1cc(C#N)ccc1OC(=O)OC(C)(C)C. The van der Waals surface area contributed by atoms with Gasteiger partial charge in [-0.1, -0.05) is 0 Å². The zero-order valence-corrected chi connectivity index (χ0v) is 10.8. The summed E-state index contributed by atoms with van der Waals surface area (Å²) in [7, 11) is 1.43. The van der Waals surface area contributed by atoms with Crippen LogP contribution in [0.4, 0.5) is 4.79 Å². The Morgan fingerprint density at radius 3 is 2.44 bits per heavy atom. The van der Waals surface area contributed by atoms with E-state index in [9.17, 15) is 4.79 Å². The summed E-state index contributed by atoms with van der Waals surface area (Å²) < 4.78 is 15.1. The van der Waals surface area contributed by atoms with E-state index in [0.717, 1.165) is 0 Å². The van der Waals surface area contributed by atoms with E-state index in [-0.39, 0.29) is 5.75 Å². The fourth-order valence-corrected chi connectivity index (χ4v) is 1.18. The van der Waals surface area contributed by atoms with Gasteiger partial charge < -0.3 is 14.2 Å². The Balaban J connectivity index is 2.85. The van der Waals surface area contributed by atoms with Crippen LogP contribution < -0.4 is 9.47 Å². The lowest BCUT2D eigenvalue weighted by molar-refractivity contribution is 0.0201. The first kappa shape index (κ1) is 13.8. The number of carbonyl (C=O) groups excluding carboxylic acids is 1. The van der Waals surface area contributed by atoms with E-state index in [1.165, 1.54) is 25.3 Å². The maximum absolute atomic E-state index is 11.5. The molecule has 5 nitrogen and oxygen atoms in total. The molecule has 0 aromatic heterocycles. The first-order valence-electron chi connectivity index (χ1n) is 5.34. The van der Waals surface area contributed by atoms with Crippen molar-refractivity contribution >= 4 is 6.16 Å². The Kier molecular flexibility index (Phi) is 4.16. The smallest absolute Gasteiger partial charge is 0.493 e. The average Bonchev–Trinajstić information content (AvgIpc) is 2.27. The first-order valence-corrected chi connectivity index (χ1v) is 5.34. The summed E-state index contributed by atoms with van der Waals surface area (Å²) in [5.41, 5.74) is -0.208. The van der Waals surface area contributed by atoms with Crippen LogP contribution in [0.25, 0.3) is 0 Å². The van der Waals surface area contributed by atoms with Crippen molar-refractivity contribution in [2.24, 2.45) is 0 Å². The third kappa shape index (κ3) is 3.98. The van der Waals surface area contributed by atoms with Crippen molar-refractivity contribution in [2.75, 3.05) is 7.11 Å². The lowest BCUT2D eigenvalue weighted by Gasteiger charge is -2.19. The molecule has 0 saturated carbocycles. The number of rotatable bonds is 2. The maximum atomic E-state index is 11.5. The minimum absolute atomic E-state index is 0.214. The molecule has 0 fully saturated rings. The van der Waals surface area contributed by atoms with Gasteiger partial charge in [-0.05, 0) is 32.9 Å². The predicted octanol–water partition coefficient (Wildman–Crippen LogP) is 2.88. The largest absolute Gasteiger partial charge is 0.514 e. The zero-order chi connectivity index (χ0) is 13.8. The van der Waals surface area contributed by atoms with E-state index in [2.05, 4.69) is 0 Å². The summed E-state index contributed by atoms with van der Waals surface area (Å²) in [6.45, 7) is 5.22. The van der Waals surface area contributed by atoms with Crippen LogP contribution in [0.1, 0.15) is 26.3 Å². The average molecular weight is 249 g/mol. The normalized spacial score (nSPS) is 10.4. The summed E-state index contributed by atoms with van der Waals surface area (Å²) in [5.74, 6) is 0.519. The van der Waals surface area contributed by atoms with Crippen LogP contribution in [0.5, 0.6) is 11.5 Å². The van der Waals surface area contributed by atoms with E-state index in [0.29, 0.717) is 11.3 Å². The van der Waals surface area contributed by atoms with Gasteiger partial charge in [-0.2, -0.15) is 5.26 Å². The van der Waals surface area contributed by atoms with Gasteiger partial charge in [-0.3, -0.25) is 0 Å². The third-order valence-corrected chi connectivity index (χ3v) is 1.88. The molecule has 0 unspecified atom stereocenters. The quantitative estimate of drug-likeness (QED) is 0.595. The van der Waals surface area contributed by atoms with Gasteiger partial charge in [0, 0.05) is 6.07 Å². The van der Waals surface area contributed by atoms with E-state index >= 15 is 0 Å². The van der Waals surface area contributed by atoms with Crippen LogP contribution in [-0.2, 0) is 4.74 Å². The number of nitriles is 1. The molecular weight excluding hydrogens is 234 g/mol. The fourth-order valence-electron chi connectivity index (χ4n) is 1.18. The van der Waals surface area contributed by atoms with Gasteiger partial charge in [0.25, 0.3) is 0 Å². The Morgan fingerprint density at radius 1 is 1.28 bits per heavy atom. The summed E-state index contributed by atoms with van der Waals surface area (Å²) in [6.07, 6.45) is -0.814. The summed E-state index contributed by atoms with van der Waals surface area (Å²) in [6, 6.07) is 6.47. The van der Waals surface area contributed by atoms with Crippen molar-refractivity contribution in [2.45, 2.75) is 26.4 Å². The highest BCUT2D eigenvalue weighted by molar-refractivity contribution is 5.66. The topological polar surface area (TPSA) is 68.5 Å². The van der Waals surface area contributed by atoms with Gasteiger partial charge in [-0.25, -0.2) is 4.79 Å². The number of ether oxygens (including phenoxy) is 3. The molecule has 0 spiro atoms. The van der Waals surface area contributed by atoms with Crippen LogP contribution in [0, 0.1) is 11.3 Å². The van der Waals surface area contributed by atoms with Crippen LogP contribution in [-0.4, -0.2) is 18.9 Å². The molecule has 5 heteroatoms. The van der Waals surface area contributed by atoms with E-state index < -0.39 is 11.8 Å². The molecule has 0 N–H and O–H groups in total. The standard InChI is InChI=1S/C13H15NO4/c1-13(2,3)18-12(15)17-10-6-5-9(8-14)7-11(10)16-4/h5-7H,1-4H3. The van der Waals surface area contributed by atoms with Gasteiger partial charge >= 0.3 is 6.16 Å². The molecule has 0 heterocycles. The molecule has 1 aromatic rings. The molecule has 0 aliphatic heterocycles. The Hall–Kier alpha value is -2.22. The minimum atomic E-state index is -0.814. The van der Waals surface area contributed by atoms with Gasteiger partial charge in [0.2, 0.25) is 0 Å². The first-order chi connectivity index (χ1) is 8.35. The number of benzene rings is 1. The second kappa shape index (κ2) is 5.41. The van der Waals surface area contributed by atoms with Gasteiger partial charge in [0.05, 0.1) is 18.7 Å². The van der Waals surface area contributed by atoms with Crippen LogP contribution >= 0.6 is 0 Å². The van der Waals surface area contributed by atoms with Crippen molar-refractivity contribution < 1.29 is 19.0 Å². The van der Waals surface area contributed by atoms with Crippen molar-refractivity contribution in [1.82, 2.24) is 0 Å². The van der Waals surface area contributed by atoms with Crippen molar-refractivity contribution in [3.8, 4) is 17.6 Å². The number of hydrogen-bond acceptors (Lipinski definition) is 5. The van der Waals surface area contributed by atoms with E-state index in [1.54, 1.807) is 20.8 Å². The molecular formula is C13H15NO4. The Morgan fingerprint density at radius 2 is 1.94 bits per heavy atom. The second-order valence-corrected chi connectivity index (χ2v) is 4.54. The lowest BCUT2D eigenvalue weighted by Crippen LogP contribution is -2.26. The van der Waals surface area contributed by atoms with E-state index in [1.807, 2.05) is 6.07 Å². The highest BCUT2D eigenvalue weighted by Gasteiger charge is 2.19. The molecule has 0 atom stereocenters. The molecule has 96 valence electrons. The van der Waals surface area contributed by atoms with Crippen LogP contribution in [0.2, 0.25) is 0 Å². The maximum Gasteiger partial charge on any atom is 0.514 e. The van der Waals surface area contributed by atoms with Gasteiger partial charge in [0.1, 0.15) is 5.60 Å². The highest BCUT2D eigenvalue weighted by atomic mass is 16.7.